The number of fused-ring (bicyclic) bond motifs is 1. The molecule has 0 unspecified atom stereocenters. The van der Waals surface area contributed by atoms with E-state index in [9.17, 15) is 4.79 Å². The maximum absolute atomic E-state index is 12.6. The number of ketones is 1. The molecular weight excluding hydrogens is 356 g/mol. The first-order valence-corrected chi connectivity index (χ1v) is 7.63. The first kappa shape index (κ1) is 14.4. The smallest absolute Gasteiger partial charge is 0.194 e. The molecule has 3 rings (SSSR count). The van der Waals surface area contributed by atoms with E-state index >= 15 is 0 Å². The van der Waals surface area contributed by atoms with Crippen molar-refractivity contribution in [2.24, 2.45) is 0 Å². The first-order valence-electron chi connectivity index (χ1n) is 6.46. The molecule has 0 saturated carbocycles. The van der Waals surface area contributed by atoms with Gasteiger partial charge in [0.1, 0.15) is 13.2 Å². The van der Waals surface area contributed by atoms with E-state index in [0.717, 1.165) is 10.0 Å². The van der Waals surface area contributed by atoms with Crippen molar-refractivity contribution >= 4 is 33.3 Å². The van der Waals surface area contributed by atoms with Gasteiger partial charge < -0.3 is 9.47 Å². The van der Waals surface area contributed by atoms with E-state index < -0.39 is 0 Å². The summed E-state index contributed by atoms with van der Waals surface area (Å²) in [4.78, 5) is 12.6. The second-order valence-corrected chi connectivity index (χ2v) is 6.03. The molecule has 0 N–H and O–H groups in total. The van der Waals surface area contributed by atoms with Crippen LogP contribution in [0.1, 0.15) is 21.5 Å². The fraction of sp³-hybridized carbons (Fsp3) is 0.188. The summed E-state index contributed by atoms with van der Waals surface area (Å²) >= 11 is 9.64. The number of ether oxygens (including phenoxy) is 2. The number of hydrogen-bond acceptors (Lipinski definition) is 3. The van der Waals surface area contributed by atoms with Crippen molar-refractivity contribution < 1.29 is 14.3 Å². The van der Waals surface area contributed by atoms with E-state index in [1.54, 1.807) is 18.2 Å². The van der Waals surface area contributed by atoms with Crippen LogP contribution in [0, 0.1) is 6.92 Å². The zero-order valence-corrected chi connectivity index (χ0v) is 13.6. The summed E-state index contributed by atoms with van der Waals surface area (Å²) in [5, 5.41) is 0.366. The van der Waals surface area contributed by atoms with Gasteiger partial charge in [0.25, 0.3) is 0 Å². The van der Waals surface area contributed by atoms with Gasteiger partial charge >= 0.3 is 0 Å². The molecule has 1 aliphatic heterocycles. The van der Waals surface area contributed by atoms with Crippen LogP contribution in [-0.2, 0) is 0 Å². The van der Waals surface area contributed by atoms with E-state index in [2.05, 4.69) is 15.9 Å². The normalized spacial score (nSPS) is 13.1. The summed E-state index contributed by atoms with van der Waals surface area (Å²) < 4.78 is 11.9. The fourth-order valence-electron chi connectivity index (χ4n) is 2.18. The van der Waals surface area contributed by atoms with Crippen molar-refractivity contribution in [3.05, 3.63) is 56.5 Å². The van der Waals surface area contributed by atoms with Crippen molar-refractivity contribution in [1.82, 2.24) is 0 Å². The molecule has 1 aliphatic rings. The van der Waals surface area contributed by atoms with Gasteiger partial charge in [-0.1, -0.05) is 27.5 Å². The van der Waals surface area contributed by atoms with Gasteiger partial charge in [-0.2, -0.15) is 0 Å². The van der Waals surface area contributed by atoms with E-state index in [0.29, 0.717) is 40.9 Å². The molecule has 2 aromatic rings. The number of halogens is 2. The molecular formula is C16H12BrClO3. The average Bonchev–Trinajstić information content (AvgIpc) is 2.48. The quantitative estimate of drug-likeness (QED) is 0.737. The Morgan fingerprint density at radius 1 is 1.14 bits per heavy atom. The second-order valence-electron chi connectivity index (χ2n) is 4.77. The highest BCUT2D eigenvalue weighted by molar-refractivity contribution is 9.10. The zero-order valence-electron chi connectivity index (χ0n) is 11.3. The molecule has 0 aliphatic carbocycles. The van der Waals surface area contributed by atoms with Crippen LogP contribution < -0.4 is 9.47 Å². The Morgan fingerprint density at radius 2 is 1.81 bits per heavy atom. The van der Waals surface area contributed by atoms with Crippen LogP contribution in [0.25, 0.3) is 0 Å². The van der Waals surface area contributed by atoms with Gasteiger partial charge in [0.15, 0.2) is 17.3 Å². The third-order valence-corrected chi connectivity index (χ3v) is 4.50. The molecule has 108 valence electrons. The minimum absolute atomic E-state index is 0.132. The molecule has 2 aromatic carbocycles. The Labute approximate surface area is 136 Å². The maximum Gasteiger partial charge on any atom is 0.194 e. The van der Waals surface area contributed by atoms with Crippen LogP contribution in [0.2, 0.25) is 5.02 Å². The monoisotopic (exact) mass is 366 g/mol. The fourth-order valence-corrected chi connectivity index (χ4v) is 2.67. The van der Waals surface area contributed by atoms with E-state index in [1.165, 1.54) is 0 Å². The zero-order chi connectivity index (χ0) is 15.0. The first-order chi connectivity index (χ1) is 10.1. The summed E-state index contributed by atoms with van der Waals surface area (Å²) in [6.07, 6.45) is 0. The maximum atomic E-state index is 12.6. The molecule has 0 fully saturated rings. The largest absolute Gasteiger partial charge is 0.486 e. The third kappa shape index (κ3) is 2.78. The third-order valence-electron chi connectivity index (χ3n) is 3.30. The van der Waals surface area contributed by atoms with Gasteiger partial charge in [-0.3, -0.25) is 4.79 Å². The number of carbonyl (C=O) groups is 1. The topological polar surface area (TPSA) is 35.5 Å². The van der Waals surface area contributed by atoms with Crippen molar-refractivity contribution in [2.45, 2.75) is 6.92 Å². The van der Waals surface area contributed by atoms with E-state index in [4.69, 9.17) is 21.1 Å². The summed E-state index contributed by atoms with van der Waals surface area (Å²) in [5.41, 5.74) is 2.01. The Balaban J connectivity index is 2.03. The van der Waals surface area contributed by atoms with Crippen LogP contribution in [-0.4, -0.2) is 19.0 Å². The van der Waals surface area contributed by atoms with Crippen molar-refractivity contribution in [3.63, 3.8) is 0 Å². The highest BCUT2D eigenvalue weighted by Gasteiger charge is 2.20. The van der Waals surface area contributed by atoms with E-state index in [1.807, 2.05) is 19.1 Å². The number of aryl methyl sites for hydroxylation is 1. The second kappa shape index (κ2) is 5.70. The molecule has 0 spiro atoms. The lowest BCUT2D eigenvalue weighted by Gasteiger charge is -2.19. The number of carbonyl (C=O) groups excluding carboxylic acids is 1. The molecule has 0 aromatic heterocycles. The number of rotatable bonds is 2. The summed E-state index contributed by atoms with van der Waals surface area (Å²) in [6.45, 7) is 2.90. The predicted octanol–water partition coefficient (Wildman–Crippen LogP) is 4.41. The molecule has 0 bridgehead atoms. The summed E-state index contributed by atoms with van der Waals surface area (Å²) in [5.74, 6) is 1.00. The van der Waals surface area contributed by atoms with Crippen molar-refractivity contribution in [3.8, 4) is 11.5 Å². The minimum Gasteiger partial charge on any atom is -0.486 e. The van der Waals surface area contributed by atoms with Crippen LogP contribution >= 0.6 is 27.5 Å². The SMILES string of the molecule is Cc1cc(C(=O)c2cc3c(cc2Cl)OCCO3)ccc1Br. The van der Waals surface area contributed by atoms with Gasteiger partial charge in [-0.25, -0.2) is 0 Å². The van der Waals surface area contributed by atoms with E-state index in [-0.39, 0.29) is 5.78 Å². The summed E-state index contributed by atoms with van der Waals surface area (Å²) in [7, 11) is 0. The van der Waals surface area contributed by atoms with Crippen molar-refractivity contribution in [2.75, 3.05) is 13.2 Å². The Bertz CT molecular complexity index is 728. The Kier molecular flexibility index (Phi) is 3.91. The summed E-state index contributed by atoms with van der Waals surface area (Å²) in [6, 6.07) is 8.74. The Hall–Kier alpha value is -1.52. The van der Waals surface area contributed by atoms with Gasteiger partial charge in [0, 0.05) is 21.7 Å². The van der Waals surface area contributed by atoms with Crippen LogP contribution in [0.3, 0.4) is 0 Å². The van der Waals surface area contributed by atoms with Crippen LogP contribution in [0.5, 0.6) is 11.5 Å². The van der Waals surface area contributed by atoms with Crippen LogP contribution in [0.4, 0.5) is 0 Å². The number of benzene rings is 2. The lowest BCUT2D eigenvalue weighted by atomic mass is 10.0. The van der Waals surface area contributed by atoms with Gasteiger partial charge in [-0.05, 0) is 36.8 Å². The Morgan fingerprint density at radius 3 is 2.48 bits per heavy atom. The van der Waals surface area contributed by atoms with Crippen molar-refractivity contribution in [1.29, 1.82) is 0 Å². The van der Waals surface area contributed by atoms with Gasteiger partial charge in [-0.15, -0.1) is 0 Å². The molecule has 0 atom stereocenters. The molecule has 5 heteroatoms. The van der Waals surface area contributed by atoms with Gasteiger partial charge in [0.05, 0.1) is 5.02 Å². The molecule has 0 amide bonds. The number of hydrogen-bond donors (Lipinski definition) is 0. The lowest BCUT2D eigenvalue weighted by molar-refractivity contribution is 0.103. The predicted molar refractivity (Wildman–Crippen MR) is 84.8 cm³/mol. The highest BCUT2D eigenvalue weighted by atomic mass is 79.9. The van der Waals surface area contributed by atoms with Gasteiger partial charge in [0.2, 0.25) is 0 Å². The minimum atomic E-state index is -0.132. The lowest BCUT2D eigenvalue weighted by Crippen LogP contribution is -2.16. The standard InChI is InChI=1S/C16H12BrClO3/c1-9-6-10(2-3-12(9)17)16(19)11-7-14-15(8-13(11)18)21-5-4-20-14/h2-3,6-8H,4-5H2,1H3. The van der Waals surface area contributed by atoms with Crippen LogP contribution in [0.15, 0.2) is 34.8 Å². The molecule has 1 heterocycles. The molecule has 0 radical (unpaired) electrons. The molecule has 21 heavy (non-hydrogen) atoms. The average molecular weight is 368 g/mol. The molecule has 3 nitrogen and oxygen atoms in total. The molecule has 0 saturated heterocycles. The highest BCUT2D eigenvalue weighted by Crippen LogP contribution is 2.36.